The number of nitrogens with zero attached hydrogens (tertiary/aromatic N) is 8. The van der Waals surface area contributed by atoms with Crippen LogP contribution in [0.2, 0.25) is 0 Å². The van der Waals surface area contributed by atoms with Crippen LogP contribution in [0.5, 0.6) is 0 Å². The highest BCUT2D eigenvalue weighted by molar-refractivity contribution is 7.88. The maximum absolute atomic E-state index is 11.7. The molecule has 4 heterocycles. The molecule has 0 spiro atoms. The molecule has 4 rings (SSSR count). The molecule has 0 amide bonds. The zero-order valence-corrected chi connectivity index (χ0v) is 14.9. The summed E-state index contributed by atoms with van der Waals surface area (Å²) in [6, 6.07) is 3.91. The number of fused-ring (bicyclic) bond motifs is 1. The van der Waals surface area contributed by atoms with Gasteiger partial charge in [0.05, 0.1) is 36.5 Å². The first-order chi connectivity index (χ1) is 12.5. The molecule has 3 aromatic rings. The number of anilines is 1. The molecule has 134 valence electrons. The second kappa shape index (κ2) is 6.24. The van der Waals surface area contributed by atoms with Gasteiger partial charge in [-0.3, -0.25) is 4.68 Å². The van der Waals surface area contributed by atoms with Crippen molar-refractivity contribution in [1.29, 1.82) is 5.26 Å². The largest absolute Gasteiger partial charge is 0.598 e. The molecule has 2 N–H and O–H groups in total. The maximum atomic E-state index is 11.7. The second-order valence-electron chi connectivity index (χ2n) is 6.29. The molecule has 1 saturated heterocycles. The molecule has 1 fully saturated rings. The Hall–Kier alpha value is -2.68. The van der Waals surface area contributed by atoms with E-state index in [0.717, 1.165) is 5.56 Å². The summed E-state index contributed by atoms with van der Waals surface area (Å²) in [7, 11) is 0. The van der Waals surface area contributed by atoms with Gasteiger partial charge in [-0.15, -0.1) is 9.40 Å². The van der Waals surface area contributed by atoms with Crippen molar-refractivity contribution >= 4 is 23.0 Å². The van der Waals surface area contributed by atoms with E-state index in [1.54, 1.807) is 29.2 Å². The minimum Gasteiger partial charge on any atom is -0.598 e. The second-order valence-corrected chi connectivity index (χ2v) is 7.65. The van der Waals surface area contributed by atoms with Crippen molar-refractivity contribution in [2.75, 3.05) is 25.1 Å². The minimum absolute atomic E-state index is 0.178. The standard InChI is InChI=1S/C15H17N9OS/c1-26(25)22-9-15(10-22,4-2-5-16)23-8-11(7-19-23)13-18-6-3-12-20-14(17)21-24(12)13/h3,6-8H,2,4,9-10H2,1H3,(H2,17,21). The van der Waals surface area contributed by atoms with Gasteiger partial charge in [-0.2, -0.15) is 19.9 Å². The van der Waals surface area contributed by atoms with Crippen molar-refractivity contribution in [3.63, 3.8) is 0 Å². The van der Waals surface area contributed by atoms with Gasteiger partial charge in [0, 0.05) is 36.2 Å². The Balaban J connectivity index is 1.69. The third-order valence-electron chi connectivity index (χ3n) is 4.60. The van der Waals surface area contributed by atoms with Gasteiger partial charge in [0.2, 0.25) is 5.95 Å². The van der Waals surface area contributed by atoms with E-state index >= 15 is 0 Å². The first-order valence-electron chi connectivity index (χ1n) is 8.01. The van der Waals surface area contributed by atoms with Crippen LogP contribution < -0.4 is 5.73 Å². The van der Waals surface area contributed by atoms with Crippen molar-refractivity contribution in [3.05, 3.63) is 24.7 Å². The lowest BCUT2D eigenvalue weighted by Gasteiger charge is -2.47. The van der Waals surface area contributed by atoms with Gasteiger partial charge in [0.25, 0.3) is 0 Å². The molecule has 26 heavy (non-hydrogen) atoms. The Labute approximate surface area is 152 Å². The van der Waals surface area contributed by atoms with E-state index in [2.05, 4.69) is 26.2 Å². The van der Waals surface area contributed by atoms with Crippen molar-refractivity contribution < 1.29 is 4.55 Å². The van der Waals surface area contributed by atoms with Gasteiger partial charge in [-0.1, -0.05) is 0 Å². The summed E-state index contributed by atoms with van der Waals surface area (Å²) in [5.41, 5.74) is 6.72. The Kier molecular flexibility index (Phi) is 4.03. The van der Waals surface area contributed by atoms with Crippen LogP contribution in [0.25, 0.3) is 17.0 Å². The quantitative estimate of drug-likeness (QED) is 0.627. The lowest BCUT2D eigenvalue weighted by Crippen LogP contribution is -2.64. The Bertz CT molecular complexity index is 983. The number of nitrogen functional groups attached to an aromatic ring is 1. The monoisotopic (exact) mass is 371 g/mol. The normalized spacial score (nSPS) is 17.7. The number of aromatic nitrogens is 6. The van der Waals surface area contributed by atoms with Gasteiger partial charge in [-0.05, 0) is 6.42 Å². The molecule has 0 bridgehead atoms. The third-order valence-corrected chi connectivity index (χ3v) is 5.59. The molecule has 0 aromatic carbocycles. The number of nitriles is 1. The molecule has 0 aliphatic carbocycles. The van der Waals surface area contributed by atoms with Crippen LogP contribution in [-0.4, -0.2) is 57.6 Å². The van der Waals surface area contributed by atoms with E-state index in [1.165, 1.54) is 0 Å². The maximum Gasteiger partial charge on any atom is 0.240 e. The topological polar surface area (TPSA) is 137 Å². The summed E-state index contributed by atoms with van der Waals surface area (Å²) in [6.07, 6.45) is 7.95. The molecule has 1 unspecified atom stereocenters. The summed E-state index contributed by atoms with van der Waals surface area (Å²) < 4.78 is 17.0. The Morgan fingerprint density at radius 3 is 3.00 bits per heavy atom. The molecule has 1 aliphatic rings. The SMILES string of the molecule is C[S+]([O-])N1CC(CCC#N)(n2cc(-c3nccc4nc(N)nn34)cn2)C1. The highest BCUT2D eigenvalue weighted by atomic mass is 32.2. The molecule has 0 radical (unpaired) electrons. The van der Waals surface area contributed by atoms with E-state index in [-0.39, 0.29) is 11.5 Å². The highest BCUT2D eigenvalue weighted by Gasteiger charge is 2.49. The zero-order chi connectivity index (χ0) is 18.3. The lowest BCUT2D eigenvalue weighted by atomic mass is 9.87. The minimum atomic E-state index is -1.03. The van der Waals surface area contributed by atoms with Crippen molar-refractivity contribution in [2.45, 2.75) is 18.4 Å². The predicted molar refractivity (Wildman–Crippen MR) is 94.9 cm³/mol. The smallest absolute Gasteiger partial charge is 0.240 e. The van der Waals surface area contributed by atoms with Crippen molar-refractivity contribution in [2.24, 2.45) is 0 Å². The summed E-state index contributed by atoms with van der Waals surface area (Å²) in [5.74, 6) is 0.765. The van der Waals surface area contributed by atoms with Gasteiger partial charge in [0.1, 0.15) is 6.26 Å². The van der Waals surface area contributed by atoms with Crippen LogP contribution in [-0.2, 0) is 16.9 Å². The van der Waals surface area contributed by atoms with Crippen LogP contribution in [0.15, 0.2) is 24.7 Å². The third kappa shape index (κ3) is 2.68. The van der Waals surface area contributed by atoms with Gasteiger partial charge < -0.3 is 10.3 Å². The molecule has 10 nitrogen and oxygen atoms in total. The summed E-state index contributed by atoms with van der Waals surface area (Å²) >= 11 is -1.03. The molecule has 0 saturated carbocycles. The van der Waals surface area contributed by atoms with Gasteiger partial charge in [0.15, 0.2) is 11.5 Å². The zero-order valence-electron chi connectivity index (χ0n) is 14.1. The fourth-order valence-corrected chi connectivity index (χ4v) is 4.07. The molecular weight excluding hydrogens is 354 g/mol. The number of rotatable bonds is 5. The Morgan fingerprint density at radius 2 is 2.27 bits per heavy atom. The average Bonchev–Trinajstić information content (AvgIpc) is 3.19. The highest BCUT2D eigenvalue weighted by Crippen LogP contribution is 2.35. The molecule has 3 aromatic heterocycles. The van der Waals surface area contributed by atoms with E-state index in [0.29, 0.717) is 37.4 Å². The van der Waals surface area contributed by atoms with Crippen LogP contribution in [0.1, 0.15) is 12.8 Å². The first kappa shape index (κ1) is 16.8. The van der Waals surface area contributed by atoms with E-state index < -0.39 is 11.4 Å². The molecule has 1 aliphatic heterocycles. The number of hydrogen-bond donors (Lipinski definition) is 1. The van der Waals surface area contributed by atoms with Gasteiger partial charge in [-0.25, -0.2) is 4.98 Å². The predicted octanol–water partition coefficient (Wildman–Crippen LogP) is 0.178. The number of hydrogen-bond acceptors (Lipinski definition) is 8. The Morgan fingerprint density at radius 1 is 1.46 bits per heavy atom. The summed E-state index contributed by atoms with van der Waals surface area (Å²) in [6.45, 7) is 1.18. The molecule has 11 heteroatoms. The van der Waals surface area contributed by atoms with Crippen molar-refractivity contribution in [1.82, 2.24) is 33.7 Å². The fourth-order valence-electron chi connectivity index (χ4n) is 3.23. The fraction of sp³-hybridized carbons (Fsp3) is 0.400. The average molecular weight is 371 g/mol. The lowest BCUT2D eigenvalue weighted by molar-refractivity contribution is 0.0602. The van der Waals surface area contributed by atoms with E-state index in [9.17, 15) is 4.55 Å². The van der Waals surface area contributed by atoms with Crippen LogP contribution in [0.4, 0.5) is 5.95 Å². The summed E-state index contributed by atoms with van der Waals surface area (Å²) in [4.78, 5) is 8.51. The van der Waals surface area contributed by atoms with Crippen LogP contribution in [0, 0.1) is 11.3 Å². The molecule has 1 atom stereocenters. The van der Waals surface area contributed by atoms with Gasteiger partial charge >= 0.3 is 0 Å². The number of nitrogens with two attached hydrogens (primary N) is 1. The summed E-state index contributed by atoms with van der Waals surface area (Å²) in [5, 5.41) is 17.6. The first-order valence-corrected chi connectivity index (χ1v) is 9.52. The van der Waals surface area contributed by atoms with Crippen LogP contribution in [0.3, 0.4) is 0 Å². The van der Waals surface area contributed by atoms with Crippen LogP contribution >= 0.6 is 0 Å². The van der Waals surface area contributed by atoms with Crippen molar-refractivity contribution in [3.8, 4) is 17.5 Å². The van der Waals surface area contributed by atoms with E-state index in [1.807, 2.05) is 15.2 Å². The van der Waals surface area contributed by atoms with E-state index in [4.69, 9.17) is 11.0 Å². The molecular formula is C15H17N9OS.